The van der Waals surface area contributed by atoms with Crippen LogP contribution in [0.15, 0.2) is 65.6 Å². The van der Waals surface area contributed by atoms with Crippen LogP contribution in [-0.4, -0.2) is 37.5 Å². The van der Waals surface area contributed by atoms with Gasteiger partial charge in [-0.15, -0.1) is 0 Å². The number of likely N-dealkylation sites (N-methyl/N-ethyl adjacent to an activating group) is 1. The summed E-state index contributed by atoms with van der Waals surface area (Å²) < 4.78 is 6.80. The topological polar surface area (TPSA) is 60.6 Å². The molecule has 0 aliphatic carbocycles. The van der Waals surface area contributed by atoms with Gasteiger partial charge in [0.25, 0.3) is 5.56 Å². The molecule has 3 rings (SSSR count). The quantitative estimate of drug-likeness (QED) is 0.639. The van der Waals surface area contributed by atoms with Gasteiger partial charge in [-0.05, 0) is 24.3 Å². The molecule has 0 unspecified atom stereocenters. The van der Waals surface area contributed by atoms with Crippen LogP contribution in [0.2, 0.25) is 5.02 Å². The minimum atomic E-state index is -0.357. The van der Waals surface area contributed by atoms with Crippen LogP contribution < -0.4 is 20.5 Å². The van der Waals surface area contributed by atoms with E-state index in [4.69, 9.17) is 16.3 Å². The average molecular weight is 400 g/mol. The summed E-state index contributed by atoms with van der Waals surface area (Å²) >= 11 is 6.35. The molecule has 1 heterocycles. The van der Waals surface area contributed by atoms with Gasteiger partial charge in [-0.25, -0.2) is 0 Å². The van der Waals surface area contributed by atoms with Crippen molar-refractivity contribution in [3.05, 3.63) is 81.7 Å². The van der Waals surface area contributed by atoms with Crippen LogP contribution in [0.25, 0.3) is 5.69 Å². The van der Waals surface area contributed by atoms with E-state index in [2.05, 4.69) is 24.5 Å². The number of quaternary nitrogens is 1. The normalized spacial score (nSPS) is 12.0. The summed E-state index contributed by atoms with van der Waals surface area (Å²) in [5.41, 5.74) is 1.91. The average Bonchev–Trinajstić information content (AvgIpc) is 2.72. The summed E-state index contributed by atoms with van der Waals surface area (Å²) in [5.74, 6) is 0.833. The van der Waals surface area contributed by atoms with Crippen molar-refractivity contribution in [3.8, 4) is 11.4 Å². The van der Waals surface area contributed by atoms with E-state index in [1.165, 1.54) is 9.58 Å². The van der Waals surface area contributed by atoms with Crippen LogP contribution >= 0.6 is 11.6 Å². The SMILES string of the molecule is COc1ccccc1[C@@H](CNc1cnn(-c2ccccc2)c(=O)c1Cl)[NH+](C)C. The highest BCUT2D eigenvalue weighted by Crippen LogP contribution is 2.24. The Labute approximate surface area is 169 Å². The summed E-state index contributed by atoms with van der Waals surface area (Å²) in [7, 11) is 5.82. The summed E-state index contributed by atoms with van der Waals surface area (Å²) in [6.45, 7) is 0.568. The van der Waals surface area contributed by atoms with E-state index in [1.54, 1.807) is 13.3 Å². The number of hydrogen-bond donors (Lipinski definition) is 2. The van der Waals surface area contributed by atoms with E-state index in [-0.39, 0.29) is 16.6 Å². The molecular weight excluding hydrogens is 376 g/mol. The third kappa shape index (κ3) is 4.18. The van der Waals surface area contributed by atoms with Crippen LogP contribution in [-0.2, 0) is 0 Å². The van der Waals surface area contributed by atoms with E-state index < -0.39 is 0 Å². The minimum absolute atomic E-state index is 0.101. The monoisotopic (exact) mass is 399 g/mol. The lowest BCUT2D eigenvalue weighted by molar-refractivity contribution is -0.890. The van der Waals surface area contributed by atoms with E-state index >= 15 is 0 Å². The molecule has 2 aromatic carbocycles. The third-order valence-corrected chi connectivity index (χ3v) is 4.99. The second kappa shape index (κ2) is 8.91. The number of halogens is 1. The molecule has 1 aromatic heterocycles. The molecular formula is C21H24ClN4O2+. The Kier molecular flexibility index (Phi) is 6.34. The Bertz CT molecular complexity index is 989. The number of nitrogens with one attached hydrogen (secondary N) is 2. The number of anilines is 1. The van der Waals surface area contributed by atoms with Crippen LogP contribution in [0.5, 0.6) is 5.75 Å². The van der Waals surface area contributed by atoms with Crippen molar-refractivity contribution in [2.45, 2.75) is 6.04 Å². The molecule has 0 amide bonds. The van der Waals surface area contributed by atoms with Gasteiger partial charge < -0.3 is 15.0 Å². The summed E-state index contributed by atoms with van der Waals surface area (Å²) in [6.07, 6.45) is 1.58. The van der Waals surface area contributed by atoms with Crippen molar-refractivity contribution >= 4 is 17.3 Å². The highest BCUT2D eigenvalue weighted by Gasteiger charge is 2.22. The van der Waals surface area contributed by atoms with Gasteiger partial charge in [0, 0.05) is 0 Å². The van der Waals surface area contributed by atoms with E-state index in [9.17, 15) is 4.79 Å². The zero-order chi connectivity index (χ0) is 20.1. The molecule has 28 heavy (non-hydrogen) atoms. The first-order chi connectivity index (χ1) is 13.5. The number of ether oxygens (including phenoxy) is 1. The summed E-state index contributed by atoms with van der Waals surface area (Å²) in [4.78, 5) is 13.9. The van der Waals surface area contributed by atoms with E-state index in [0.717, 1.165) is 11.3 Å². The molecule has 0 bridgehead atoms. The first-order valence-corrected chi connectivity index (χ1v) is 9.40. The molecule has 6 nitrogen and oxygen atoms in total. The molecule has 0 saturated carbocycles. The predicted molar refractivity (Wildman–Crippen MR) is 112 cm³/mol. The number of aromatic nitrogens is 2. The van der Waals surface area contributed by atoms with E-state index in [0.29, 0.717) is 17.9 Å². The number of para-hydroxylation sites is 2. The molecule has 0 saturated heterocycles. The van der Waals surface area contributed by atoms with E-state index in [1.807, 2.05) is 54.6 Å². The lowest BCUT2D eigenvalue weighted by Crippen LogP contribution is -3.06. The molecule has 1 atom stereocenters. The van der Waals surface area contributed by atoms with Gasteiger partial charge in [0.2, 0.25) is 0 Å². The standard InChI is InChI=1S/C21H23ClN4O2/c1-25(2)18(16-11-7-8-12-19(16)28-3)14-23-17-13-24-26(21(27)20(17)22)15-9-5-4-6-10-15/h4-13,18,23H,14H2,1-3H3/p+1/t18-/m1/s1. The number of methoxy groups -OCH3 is 1. The Balaban J connectivity index is 1.85. The smallest absolute Gasteiger partial charge is 0.292 e. The number of hydrogen-bond acceptors (Lipinski definition) is 4. The zero-order valence-corrected chi connectivity index (χ0v) is 16.9. The van der Waals surface area contributed by atoms with Crippen molar-refractivity contribution in [1.82, 2.24) is 9.78 Å². The number of benzene rings is 2. The molecule has 0 fully saturated rings. The van der Waals surface area contributed by atoms with Crippen molar-refractivity contribution in [2.24, 2.45) is 0 Å². The fraction of sp³-hybridized carbons (Fsp3) is 0.238. The van der Waals surface area contributed by atoms with Gasteiger partial charge in [0.05, 0.1) is 50.9 Å². The van der Waals surface area contributed by atoms with Gasteiger partial charge in [-0.1, -0.05) is 41.9 Å². The summed E-state index contributed by atoms with van der Waals surface area (Å²) in [5, 5.41) is 7.66. The summed E-state index contributed by atoms with van der Waals surface area (Å²) in [6, 6.07) is 17.2. The van der Waals surface area contributed by atoms with Crippen LogP contribution in [0.1, 0.15) is 11.6 Å². The van der Waals surface area contributed by atoms with Gasteiger partial charge in [-0.3, -0.25) is 4.79 Å². The van der Waals surface area contributed by atoms with Crippen LogP contribution in [0, 0.1) is 0 Å². The fourth-order valence-corrected chi connectivity index (χ4v) is 3.30. The molecule has 0 spiro atoms. The first-order valence-electron chi connectivity index (χ1n) is 9.03. The molecule has 3 aromatic rings. The largest absolute Gasteiger partial charge is 0.496 e. The molecule has 0 aliphatic rings. The van der Waals surface area contributed by atoms with Crippen LogP contribution in [0.3, 0.4) is 0 Å². The zero-order valence-electron chi connectivity index (χ0n) is 16.1. The third-order valence-electron chi connectivity index (χ3n) is 4.63. The van der Waals surface area contributed by atoms with Gasteiger partial charge in [0.15, 0.2) is 0 Å². The van der Waals surface area contributed by atoms with Crippen molar-refractivity contribution < 1.29 is 9.64 Å². The molecule has 0 radical (unpaired) electrons. The highest BCUT2D eigenvalue weighted by molar-refractivity contribution is 6.32. The number of rotatable bonds is 7. The maximum absolute atomic E-state index is 12.6. The Morgan fingerprint density at radius 2 is 1.82 bits per heavy atom. The lowest BCUT2D eigenvalue weighted by atomic mass is 10.0. The Morgan fingerprint density at radius 1 is 1.14 bits per heavy atom. The van der Waals surface area contributed by atoms with Crippen LogP contribution in [0.4, 0.5) is 5.69 Å². The maximum Gasteiger partial charge on any atom is 0.292 e. The number of nitrogens with zero attached hydrogens (tertiary/aromatic N) is 2. The van der Waals surface area contributed by atoms with Gasteiger partial charge in [-0.2, -0.15) is 9.78 Å². The second-order valence-electron chi connectivity index (χ2n) is 6.68. The van der Waals surface area contributed by atoms with Crippen molar-refractivity contribution in [1.29, 1.82) is 0 Å². The first kappa shape index (κ1) is 19.9. The molecule has 0 aliphatic heterocycles. The van der Waals surface area contributed by atoms with Crippen molar-refractivity contribution in [2.75, 3.05) is 33.1 Å². The second-order valence-corrected chi connectivity index (χ2v) is 7.06. The molecule has 7 heteroatoms. The van der Waals surface area contributed by atoms with Gasteiger partial charge in [0.1, 0.15) is 16.8 Å². The lowest BCUT2D eigenvalue weighted by Gasteiger charge is -2.24. The molecule has 146 valence electrons. The van der Waals surface area contributed by atoms with Crippen molar-refractivity contribution in [3.63, 3.8) is 0 Å². The highest BCUT2D eigenvalue weighted by atomic mass is 35.5. The minimum Gasteiger partial charge on any atom is -0.496 e. The predicted octanol–water partition coefficient (Wildman–Crippen LogP) is 2.19. The van der Waals surface area contributed by atoms with Gasteiger partial charge >= 0.3 is 0 Å². The maximum atomic E-state index is 12.6. The Morgan fingerprint density at radius 3 is 2.50 bits per heavy atom. The fourth-order valence-electron chi connectivity index (χ4n) is 3.10. The molecule has 2 N–H and O–H groups in total. The Hall–Kier alpha value is -2.83.